The van der Waals surface area contributed by atoms with Crippen molar-refractivity contribution >= 4 is 115 Å². The Hall–Kier alpha value is -5.47. The van der Waals surface area contributed by atoms with E-state index in [0.717, 1.165) is 116 Å². The van der Waals surface area contributed by atoms with Crippen molar-refractivity contribution in [3.63, 3.8) is 0 Å². The van der Waals surface area contributed by atoms with Crippen LogP contribution in [0.15, 0.2) is 30.3 Å². The minimum atomic E-state index is -4.51. The molecule has 13 rings (SSSR count). The van der Waals surface area contributed by atoms with Crippen LogP contribution in [-0.2, 0) is 8.54 Å². The molecule has 12 aliphatic carbocycles. The number of hydrogen-bond acceptors (Lipinski definition) is 10. The van der Waals surface area contributed by atoms with E-state index in [2.05, 4.69) is 159 Å². The van der Waals surface area contributed by atoms with Crippen LogP contribution in [0.3, 0.4) is 0 Å². The maximum atomic E-state index is 12.1. The Bertz CT molecular complexity index is 2860. The molecular weight excluding hydrogens is 3530 g/mol. The zero-order valence-electron chi connectivity index (χ0n) is 83.8. The molecular formula is C88H155Cl5F18N2O8Rf6Si7-6. The van der Waals surface area contributed by atoms with Crippen LogP contribution in [-0.4, -0.2) is 166 Å². The molecule has 18 atom stereocenters. The molecule has 0 aromatic heterocycles. The van der Waals surface area contributed by atoms with Gasteiger partial charge in [-0.15, -0.1) is 93.9 Å². The maximum Gasteiger partial charge on any atom is 0.338 e. The second-order valence-electron chi connectivity index (χ2n) is 43.2. The first-order chi connectivity index (χ1) is 57.6. The van der Waals surface area contributed by atoms with Gasteiger partial charge in [0.25, 0.3) is 37.1 Å². The first-order valence-electron chi connectivity index (χ1n) is 45.4. The molecule has 10 nitrogen and oxygen atoms in total. The SMILES string of the molecule is CN(C)[Si](C)(C)N(C)C.CO[Si](C)(C)C.C[Si](C)(C)O[Si](C)(C)C.C[Si](C)(C)c1ccccc1.C[Si](C)(Cl)Cl.C[Si](Cl)(Cl)Cl.O[C-](CC1CC2CCC1C2)C(F)(F)F.O[C-](CC1CC2CCC1C2)C(F)(F)F.O[C-](CC1CC2CCC1C2)C(F)(F)F.O[C-](CC1CC2CCC1C2)C(F)(F)F.O[C-](CC1CC2CCC1C2)C(F)(F)F.O[C-](CC1CC2CCC1C2)C(F)(F)F.[Rf].[Rf].[Rf].[Rf].[Rf].[Rf]. The second-order valence-corrected chi connectivity index (χ2v) is 85.9. The third-order valence-electron chi connectivity index (χ3n) is 27.1. The fourth-order valence-corrected chi connectivity index (χ4v) is 29.5. The molecule has 134 heavy (non-hydrogen) atoms. The van der Waals surface area contributed by atoms with Gasteiger partial charge in [-0.1, -0.05) is 204 Å². The molecule has 12 saturated carbocycles. The van der Waals surface area contributed by atoms with E-state index in [1.165, 1.54) is 43.7 Å². The zero-order valence-corrected chi connectivity index (χ0v) is 133. The molecule has 0 amide bonds. The van der Waals surface area contributed by atoms with Gasteiger partial charge in [0, 0.05) is 7.11 Å². The molecule has 1 aromatic rings. The molecule has 46 heteroatoms. The van der Waals surface area contributed by atoms with Crippen LogP contribution in [0.4, 0.5) is 79.0 Å². The van der Waals surface area contributed by atoms with Gasteiger partial charge in [-0.25, -0.2) is 79.0 Å². The smallest absolute Gasteiger partial charge is 0.338 e. The first kappa shape index (κ1) is 137. The van der Waals surface area contributed by atoms with Gasteiger partial charge in [-0.3, -0.25) is 0 Å². The summed E-state index contributed by atoms with van der Waals surface area (Å²) in [5.41, 5.74) is 0. The summed E-state index contributed by atoms with van der Waals surface area (Å²) in [5.74, 6) is 6.87. The Morgan fingerprint density at radius 1 is 0.299 bits per heavy atom. The van der Waals surface area contributed by atoms with Crippen molar-refractivity contribution < 1.29 is 118 Å². The zero-order chi connectivity index (χ0) is 99.3. The molecule has 0 saturated heterocycles. The van der Waals surface area contributed by atoms with Gasteiger partial charge in [0.05, 0.1) is 8.07 Å². The molecule has 1 aromatic carbocycles. The van der Waals surface area contributed by atoms with Crippen molar-refractivity contribution in [1.29, 1.82) is 0 Å². The van der Waals surface area contributed by atoms with Gasteiger partial charge in [0.1, 0.15) is 0 Å². The number of nitrogens with zero attached hydrogens (tertiary/aromatic N) is 2. The summed E-state index contributed by atoms with van der Waals surface area (Å²) < 4.78 is 233. The van der Waals surface area contributed by atoms with Gasteiger partial charge in [-0.2, -0.15) is 0 Å². The summed E-state index contributed by atoms with van der Waals surface area (Å²) in [4.78, 5) is 0. The normalized spacial score (nSPS) is 27.4. The second kappa shape index (κ2) is 56.2. The Morgan fingerprint density at radius 3 is 0.515 bits per heavy atom. The average Bonchev–Trinajstić information content (AvgIpc) is 1.69. The van der Waals surface area contributed by atoms with E-state index in [1.807, 2.05) is 13.1 Å². The van der Waals surface area contributed by atoms with Crippen molar-refractivity contribution in [1.82, 2.24) is 9.13 Å². The van der Waals surface area contributed by atoms with Gasteiger partial charge in [0.2, 0.25) is 6.69 Å². The van der Waals surface area contributed by atoms with E-state index in [1.54, 1.807) is 13.7 Å². The van der Waals surface area contributed by atoms with Crippen molar-refractivity contribution in [3.05, 3.63) is 67.0 Å². The number of aliphatic hydroxyl groups excluding tert-OH is 6. The summed E-state index contributed by atoms with van der Waals surface area (Å²) in [6.07, 6.45) is -10.6. The fourth-order valence-electron chi connectivity index (χ4n) is 20.2. The minimum absolute atomic E-state index is 0. The number of halogens is 23. The largest absolute Gasteiger partial charge is 0.554 e. The van der Waals surface area contributed by atoms with E-state index in [-0.39, 0.29) is 74.0 Å². The Kier molecular flexibility index (Phi) is 57.5. The Morgan fingerprint density at radius 2 is 0.448 bits per heavy atom. The van der Waals surface area contributed by atoms with Crippen molar-refractivity contribution in [2.24, 2.45) is 107 Å². The quantitative estimate of drug-likeness (QED) is 0.0363. The van der Waals surface area contributed by atoms with Crippen LogP contribution < -0.4 is 5.19 Å². The monoisotopic (exact) mass is 3680 g/mol. The van der Waals surface area contributed by atoms with Gasteiger partial charge < -0.3 is 48.3 Å². The number of benzene rings is 1. The van der Waals surface area contributed by atoms with E-state index < -0.39 is 128 Å². The summed E-state index contributed by atoms with van der Waals surface area (Å²) in [5, 5.41) is 54.7. The van der Waals surface area contributed by atoms with E-state index in [4.69, 9.17) is 94.6 Å². The standard InChI is InChI=1S/6C10H14F3O.C9H14Si.C6H18N2Si.C6H18OSi2.C4H12OSi.C2H6Cl2Si.CH3Cl3Si.6Rf/c6*11-10(12,13)9(14)5-8-4-6-1-2-7(8)3-6;1-10(2,3)9-7-5-4-6-8-9;1-7(2)9(5,6)8(3)4;1-8(2,3)7-9(4,5)6;1-5-6(2,3)4;2*1-5(2,3)4;;;;;;/h6*6-8,14H,1-5H2;4-8H,1-3H3;2*1-6H3;1-4H3;1-2H3;1H3;;;;;;/q6*-1;;;;;;;;;;;;. The average molecular weight is 3690 g/mol. The van der Waals surface area contributed by atoms with E-state index in [9.17, 15) is 79.0 Å². The molecule has 12 fully saturated rings. The van der Waals surface area contributed by atoms with E-state index in [0.29, 0.717) is 71.0 Å². The number of fused-ring (bicyclic) bond motifs is 12. The van der Waals surface area contributed by atoms with Crippen LogP contribution in [0.5, 0.6) is 0 Å². The van der Waals surface area contributed by atoms with Crippen molar-refractivity contribution in [2.45, 2.75) is 341 Å². The predicted molar refractivity (Wildman–Crippen MR) is 500 cm³/mol. The van der Waals surface area contributed by atoms with Crippen molar-refractivity contribution in [2.75, 3.05) is 35.3 Å². The molecule has 6 N–H and O–H groups in total. The molecule has 772 valence electrons. The Balaban J connectivity index is -0.000000456. The van der Waals surface area contributed by atoms with Crippen molar-refractivity contribution in [3.8, 4) is 0 Å². The molecule has 0 spiro atoms. The van der Waals surface area contributed by atoms with Gasteiger partial charge in [-0.05, 0) is 268 Å². The molecule has 0 heterocycles. The predicted octanol–water partition coefficient (Wildman–Crippen LogP) is 31.3. The fraction of sp³-hybridized carbons (Fsp3) is 0.864. The van der Waals surface area contributed by atoms with Crippen LogP contribution in [0.1, 0.15) is 193 Å². The topological polar surface area (TPSA) is 146 Å². The van der Waals surface area contributed by atoms with Gasteiger partial charge >= 0.3 is 6.00 Å². The van der Waals surface area contributed by atoms with Crippen LogP contribution in [0, 0.1) is 143 Å². The van der Waals surface area contributed by atoms with Crippen LogP contribution in [0.2, 0.25) is 111 Å². The van der Waals surface area contributed by atoms with E-state index >= 15 is 0 Å². The summed E-state index contributed by atoms with van der Waals surface area (Å²) in [6.45, 7) is 35.3. The number of alkyl halides is 18. The molecule has 12 aliphatic rings. The third-order valence-corrected chi connectivity index (χ3v) is 39.6. The van der Waals surface area contributed by atoms with Crippen LogP contribution >= 0.6 is 55.4 Å². The Labute approximate surface area is 786 Å². The van der Waals surface area contributed by atoms with Crippen LogP contribution in [0.25, 0.3) is 0 Å². The molecule has 0 radical (unpaired) electrons. The maximum absolute atomic E-state index is 12.1. The molecule has 18 unspecified atom stereocenters. The molecule has 12 bridgehead atoms. The summed E-state index contributed by atoms with van der Waals surface area (Å²) in [7, 11) is 4.53. The number of hydrogen-bond donors (Lipinski definition) is 6. The number of rotatable bonds is 18. The summed E-state index contributed by atoms with van der Waals surface area (Å²) in [6, 6.07) is 8.57. The molecule has 0 aliphatic heterocycles. The first-order valence-corrected chi connectivity index (χ1v) is 72.6. The minimum Gasteiger partial charge on any atom is -0.554 e. The van der Waals surface area contributed by atoms with Gasteiger partial charge in [0.15, 0.2) is 33.3 Å². The number of aliphatic hydroxyl groups is 6. The summed E-state index contributed by atoms with van der Waals surface area (Å²) >= 11 is 26.5. The third kappa shape index (κ3) is 54.4.